The Labute approximate surface area is 162 Å². The van der Waals surface area contributed by atoms with E-state index in [0.29, 0.717) is 50.0 Å². The maximum atomic E-state index is 12.7. The Balaban J connectivity index is 1.42. The number of para-hydroxylation sites is 2. The number of nitrogens with one attached hydrogen (secondary N) is 3. The zero-order valence-corrected chi connectivity index (χ0v) is 15.5. The summed E-state index contributed by atoms with van der Waals surface area (Å²) in [4.78, 5) is 26.7. The van der Waals surface area contributed by atoms with Crippen LogP contribution in [0.2, 0.25) is 0 Å². The van der Waals surface area contributed by atoms with Crippen LogP contribution in [0, 0.1) is 0 Å². The number of hydrogen-bond donors (Lipinski definition) is 3. The molecule has 2 aliphatic heterocycles. The molecule has 1 aromatic carbocycles. The molecule has 0 radical (unpaired) electrons. The third kappa shape index (κ3) is 4.00. The molecule has 148 valence electrons. The number of amides is 2. The molecule has 3 N–H and O–H groups in total. The fourth-order valence-electron chi connectivity index (χ4n) is 3.33. The molecule has 9 heteroatoms. The molecule has 0 spiro atoms. The first-order chi connectivity index (χ1) is 13.7. The van der Waals surface area contributed by atoms with Crippen LogP contribution in [0.4, 0.5) is 5.69 Å². The Morgan fingerprint density at radius 2 is 2.07 bits per heavy atom. The minimum atomic E-state index is -0.309. The van der Waals surface area contributed by atoms with Crippen molar-refractivity contribution < 1.29 is 19.1 Å². The minimum Gasteiger partial charge on any atom is -0.482 e. The fraction of sp³-hybridized carbons (Fsp3) is 0.421. The van der Waals surface area contributed by atoms with Gasteiger partial charge in [0.05, 0.1) is 18.9 Å². The highest BCUT2D eigenvalue weighted by Crippen LogP contribution is 2.25. The Morgan fingerprint density at radius 3 is 2.93 bits per heavy atom. The van der Waals surface area contributed by atoms with Crippen molar-refractivity contribution in [3.8, 4) is 5.75 Å². The van der Waals surface area contributed by atoms with E-state index in [9.17, 15) is 9.59 Å². The van der Waals surface area contributed by atoms with Gasteiger partial charge in [0.15, 0.2) is 12.3 Å². The van der Waals surface area contributed by atoms with E-state index in [1.54, 1.807) is 29.2 Å². The highest BCUT2D eigenvalue weighted by atomic mass is 16.5. The number of carbonyl (C=O) groups is 2. The third-order valence-corrected chi connectivity index (χ3v) is 4.87. The zero-order valence-electron chi connectivity index (χ0n) is 15.5. The summed E-state index contributed by atoms with van der Waals surface area (Å²) in [6, 6.07) is 7.06. The van der Waals surface area contributed by atoms with Gasteiger partial charge in [0, 0.05) is 43.9 Å². The van der Waals surface area contributed by atoms with Crippen molar-refractivity contribution in [2.75, 3.05) is 44.8 Å². The zero-order chi connectivity index (χ0) is 19.3. The largest absolute Gasteiger partial charge is 0.482 e. The van der Waals surface area contributed by atoms with Gasteiger partial charge in [0.1, 0.15) is 5.75 Å². The monoisotopic (exact) mass is 385 g/mol. The van der Waals surface area contributed by atoms with Gasteiger partial charge in [-0.2, -0.15) is 5.10 Å². The summed E-state index contributed by atoms with van der Waals surface area (Å²) in [7, 11) is 0. The van der Waals surface area contributed by atoms with Gasteiger partial charge in [0.2, 0.25) is 0 Å². The summed E-state index contributed by atoms with van der Waals surface area (Å²) in [5.74, 6) is 0.0358. The summed E-state index contributed by atoms with van der Waals surface area (Å²) < 4.78 is 11.0. The molecular weight excluding hydrogens is 362 g/mol. The SMILES string of the molecule is O=C(Nc1ccccc1OCC(=O)N1CCOCC1)c1n[nH]c2c1CNCC2. The van der Waals surface area contributed by atoms with E-state index in [2.05, 4.69) is 20.8 Å². The molecule has 0 unspecified atom stereocenters. The number of aromatic amines is 1. The van der Waals surface area contributed by atoms with Crippen molar-refractivity contribution in [2.24, 2.45) is 0 Å². The maximum absolute atomic E-state index is 12.7. The minimum absolute atomic E-state index is 0.0887. The predicted molar refractivity (Wildman–Crippen MR) is 101 cm³/mol. The van der Waals surface area contributed by atoms with Crippen LogP contribution >= 0.6 is 0 Å². The first-order valence-electron chi connectivity index (χ1n) is 9.38. The smallest absolute Gasteiger partial charge is 0.276 e. The van der Waals surface area contributed by atoms with Crippen LogP contribution < -0.4 is 15.4 Å². The van der Waals surface area contributed by atoms with Crippen molar-refractivity contribution in [3.05, 3.63) is 41.2 Å². The normalized spacial score (nSPS) is 16.4. The number of H-pyrrole nitrogens is 1. The van der Waals surface area contributed by atoms with Gasteiger partial charge in [-0.25, -0.2) is 0 Å². The Bertz CT molecular complexity index is 860. The van der Waals surface area contributed by atoms with Gasteiger partial charge in [-0.1, -0.05) is 12.1 Å². The van der Waals surface area contributed by atoms with Crippen molar-refractivity contribution in [2.45, 2.75) is 13.0 Å². The lowest BCUT2D eigenvalue weighted by atomic mass is 10.1. The second-order valence-electron chi connectivity index (χ2n) is 6.69. The number of hydrogen-bond acceptors (Lipinski definition) is 6. The average Bonchev–Trinajstić information content (AvgIpc) is 3.18. The van der Waals surface area contributed by atoms with Gasteiger partial charge in [0.25, 0.3) is 11.8 Å². The summed E-state index contributed by atoms with van der Waals surface area (Å²) in [5.41, 5.74) is 2.76. The number of rotatable bonds is 5. The Hall–Kier alpha value is -2.91. The van der Waals surface area contributed by atoms with Crippen LogP contribution in [0.3, 0.4) is 0 Å². The number of aromatic nitrogens is 2. The highest BCUT2D eigenvalue weighted by molar-refractivity contribution is 6.04. The summed E-state index contributed by atoms with van der Waals surface area (Å²) >= 11 is 0. The molecule has 4 rings (SSSR count). The van der Waals surface area contributed by atoms with Crippen LogP contribution in [0.15, 0.2) is 24.3 Å². The lowest BCUT2D eigenvalue weighted by molar-refractivity contribution is -0.137. The molecule has 2 aliphatic rings. The first-order valence-corrected chi connectivity index (χ1v) is 9.38. The van der Waals surface area contributed by atoms with Crippen LogP contribution in [-0.2, 0) is 22.5 Å². The molecular formula is C19H23N5O4. The van der Waals surface area contributed by atoms with E-state index >= 15 is 0 Å². The standard InChI is InChI=1S/C19H23N5O4/c25-17(24-7-9-27-10-8-24)12-28-16-4-2-1-3-15(16)21-19(26)18-13-11-20-6-5-14(13)22-23-18/h1-4,20H,5-12H2,(H,21,26)(H,22,23). The van der Waals surface area contributed by atoms with Crippen LogP contribution in [0.1, 0.15) is 21.7 Å². The van der Waals surface area contributed by atoms with Crippen LogP contribution in [0.25, 0.3) is 0 Å². The molecule has 2 amide bonds. The predicted octanol–water partition coefficient (Wildman–Crippen LogP) is 0.545. The molecule has 0 atom stereocenters. The maximum Gasteiger partial charge on any atom is 0.276 e. The van der Waals surface area contributed by atoms with Crippen molar-refractivity contribution in [3.63, 3.8) is 0 Å². The number of benzene rings is 1. The topological polar surface area (TPSA) is 109 Å². The average molecular weight is 385 g/mol. The molecule has 0 saturated carbocycles. The number of carbonyl (C=O) groups excluding carboxylic acids is 2. The van der Waals surface area contributed by atoms with Gasteiger partial charge in [-0.05, 0) is 12.1 Å². The number of nitrogens with zero attached hydrogens (tertiary/aromatic N) is 2. The van der Waals surface area contributed by atoms with E-state index < -0.39 is 0 Å². The molecule has 9 nitrogen and oxygen atoms in total. The van der Waals surface area contributed by atoms with Gasteiger partial charge in [-0.3, -0.25) is 14.7 Å². The van der Waals surface area contributed by atoms with E-state index in [0.717, 1.165) is 24.2 Å². The van der Waals surface area contributed by atoms with Gasteiger partial charge < -0.3 is 25.0 Å². The molecule has 1 aromatic heterocycles. The lowest BCUT2D eigenvalue weighted by Crippen LogP contribution is -2.43. The molecule has 3 heterocycles. The second-order valence-corrected chi connectivity index (χ2v) is 6.69. The van der Waals surface area contributed by atoms with Gasteiger partial charge in [-0.15, -0.1) is 0 Å². The number of morpholine rings is 1. The van der Waals surface area contributed by atoms with E-state index in [-0.39, 0.29) is 18.4 Å². The molecule has 28 heavy (non-hydrogen) atoms. The van der Waals surface area contributed by atoms with Crippen molar-refractivity contribution in [1.29, 1.82) is 0 Å². The summed E-state index contributed by atoms with van der Waals surface area (Å²) in [6.45, 7) is 3.61. The molecule has 1 saturated heterocycles. The van der Waals surface area contributed by atoms with Crippen molar-refractivity contribution >= 4 is 17.5 Å². The Morgan fingerprint density at radius 1 is 1.25 bits per heavy atom. The quantitative estimate of drug-likeness (QED) is 0.694. The van der Waals surface area contributed by atoms with Crippen molar-refractivity contribution in [1.82, 2.24) is 20.4 Å². The number of anilines is 1. The van der Waals surface area contributed by atoms with Gasteiger partial charge >= 0.3 is 0 Å². The molecule has 0 aliphatic carbocycles. The fourth-order valence-corrected chi connectivity index (χ4v) is 3.33. The third-order valence-electron chi connectivity index (χ3n) is 4.87. The first kappa shape index (κ1) is 18.5. The van der Waals surface area contributed by atoms with Crippen LogP contribution in [0.5, 0.6) is 5.75 Å². The van der Waals surface area contributed by atoms with Crippen LogP contribution in [-0.4, -0.2) is 66.4 Å². The van der Waals surface area contributed by atoms with E-state index in [4.69, 9.17) is 9.47 Å². The second kappa shape index (κ2) is 8.41. The number of fused-ring (bicyclic) bond motifs is 1. The molecule has 0 bridgehead atoms. The molecule has 1 fully saturated rings. The summed E-state index contributed by atoms with van der Waals surface area (Å²) in [5, 5.41) is 13.2. The lowest BCUT2D eigenvalue weighted by Gasteiger charge is -2.26. The van der Waals surface area contributed by atoms with E-state index in [1.807, 2.05) is 0 Å². The Kier molecular flexibility index (Phi) is 5.54. The van der Waals surface area contributed by atoms with E-state index in [1.165, 1.54) is 0 Å². The summed E-state index contributed by atoms with van der Waals surface area (Å²) in [6.07, 6.45) is 0.818. The number of ether oxygens (including phenoxy) is 2. The highest BCUT2D eigenvalue weighted by Gasteiger charge is 2.23. The molecule has 2 aromatic rings.